The fraction of sp³-hybridized carbons (Fsp3) is 0.148. The number of anilines is 1. The van der Waals surface area contributed by atoms with Crippen molar-refractivity contribution in [1.29, 1.82) is 0 Å². The standard InChI is InChI=1S/C27H24N4O2/c1-18(2)20-14-12-19(13-15-20)17-28-27-29-25(24-11-6-16-33-24)30-31(27)26(32)23-10-5-8-21-7-3-4-9-22(21)23/h3-16,18H,17H2,1-2H3,(H,28,29,30). The number of rotatable bonds is 6. The number of hydrogen-bond acceptors (Lipinski definition) is 5. The van der Waals surface area contributed by atoms with Crippen LogP contribution in [0.3, 0.4) is 0 Å². The second-order valence-electron chi connectivity index (χ2n) is 8.23. The molecular formula is C27H24N4O2. The molecule has 0 bridgehead atoms. The molecule has 33 heavy (non-hydrogen) atoms. The Hall–Kier alpha value is -4.19. The number of hydrogen-bond donors (Lipinski definition) is 1. The van der Waals surface area contributed by atoms with Crippen molar-refractivity contribution in [3.63, 3.8) is 0 Å². The van der Waals surface area contributed by atoms with Crippen molar-refractivity contribution in [2.75, 3.05) is 5.32 Å². The maximum Gasteiger partial charge on any atom is 0.282 e. The number of carbonyl (C=O) groups excluding carboxylic acids is 1. The summed E-state index contributed by atoms with van der Waals surface area (Å²) in [4.78, 5) is 18.2. The molecule has 5 aromatic rings. The van der Waals surface area contributed by atoms with Crippen LogP contribution in [0.25, 0.3) is 22.4 Å². The Morgan fingerprint density at radius 3 is 2.52 bits per heavy atom. The SMILES string of the molecule is CC(C)c1ccc(CNc2nc(-c3ccco3)nn2C(=O)c2cccc3ccccc23)cc1. The monoisotopic (exact) mass is 436 g/mol. The summed E-state index contributed by atoms with van der Waals surface area (Å²) in [6, 6.07) is 25.5. The first-order chi connectivity index (χ1) is 16.1. The second-order valence-corrected chi connectivity index (χ2v) is 8.23. The van der Waals surface area contributed by atoms with Crippen LogP contribution in [0.2, 0.25) is 0 Å². The van der Waals surface area contributed by atoms with Crippen LogP contribution in [0.4, 0.5) is 5.95 Å². The Bertz CT molecular complexity index is 1390. The van der Waals surface area contributed by atoms with E-state index in [1.165, 1.54) is 10.2 Å². The lowest BCUT2D eigenvalue weighted by Gasteiger charge is -2.10. The van der Waals surface area contributed by atoms with E-state index in [1.54, 1.807) is 18.4 Å². The van der Waals surface area contributed by atoms with Crippen molar-refractivity contribution >= 4 is 22.6 Å². The van der Waals surface area contributed by atoms with Crippen LogP contribution < -0.4 is 5.32 Å². The van der Waals surface area contributed by atoms with Gasteiger partial charge in [-0.2, -0.15) is 9.67 Å². The summed E-state index contributed by atoms with van der Waals surface area (Å²) < 4.78 is 6.79. The molecule has 0 saturated heterocycles. The number of aromatic nitrogens is 3. The van der Waals surface area contributed by atoms with E-state index < -0.39 is 0 Å². The number of nitrogens with one attached hydrogen (secondary N) is 1. The van der Waals surface area contributed by atoms with Crippen molar-refractivity contribution in [1.82, 2.24) is 14.8 Å². The zero-order valence-electron chi connectivity index (χ0n) is 18.5. The molecule has 0 amide bonds. The van der Waals surface area contributed by atoms with Crippen LogP contribution in [0, 0.1) is 0 Å². The van der Waals surface area contributed by atoms with Gasteiger partial charge in [0.2, 0.25) is 11.8 Å². The summed E-state index contributed by atoms with van der Waals surface area (Å²) in [7, 11) is 0. The van der Waals surface area contributed by atoms with Gasteiger partial charge in [0.15, 0.2) is 5.76 Å². The fourth-order valence-electron chi connectivity index (χ4n) is 3.81. The summed E-state index contributed by atoms with van der Waals surface area (Å²) in [6.07, 6.45) is 1.56. The van der Waals surface area contributed by atoms with Crippen LogP contribution in [0.5, 0.6) is 0 Å². The lowest BCUT2D eigenvalue weighted by atomic mass is 10.0. The summed E-state index contributed by atoms with van der Waals surface area (Å²) in [5.41, 5.74) is 2.94. The van der Waals surface area contributed by atoms with Crippen LogP contribution in [0.1, 0.15) is 41.3 Å². The number of nitrogens with zero attached hydrogens (tertiary/aromatic N) is 3. The van der Waals surface area contributed by atoms with Gasteiger partial charge in [-0.25, -0.2) is 0 Å². The molecule has 2 heterocycles. The Labute approximate surface area is 191 Å². The Morgan fingerprint density at radius 1 is 0.970 bits per heavy atom. The highest BCUT2D eigenvalue weighted by molar-refractivity contribution is 6.08. The third-order valence-corrected chi connectivity index (χ3v) is 5.66. The first-order valence-electron chi connectivity index (χ1n) is 11.0. The van der Waals surface area contributed by atoms with E-state index in [9.17, 15) is 4.79 Å². The van der Waals surface area contributed by atoms with Crippen LogP contribution in [-0.4, -0.2) is 20.7 Å². The molecule has 0 aliphatic carbocycles. The van der Waals surface area contributed by atoms with Crippen LogP contribution in [-0.2, 0) is 6.54 Å². The molecule has 0 atom stereocenters. The molecule has 6 heteroatoms. The molecule has 0 fully saturated rings. The molecule has 0 aliphatic rings. The van der Waals surface area contributed by atoms with Gasteiger partial charge in [-0.15, -0.1) is 5.10 Å². The average Bonchev–Trinajstić information content (AvgIpc) is 3.52. The van der Waals surface area contributed by atoms with Gasteiger partial charge in [0.25, 0.3) is 5.91 Å². The minimum atomic E-state index is -0.255. The minimum Gasteiger partial charge on any atom is -0.461 e. The van der Waals surface area contributed by atoms with E-state index in [0.29, 0.717) is 35.6 Å². The largest absolute Gasteiger partial charge is 0.461 e. The van der Waals surface area contributed by atoms with E-state index in [1.807, 2.05) is 42.5 Å². The highest BCUT2D eigenvalue weighted by Crippen LogP contribution is 2.23. The number of carbonyl (C=O) groups is 1. The number of furan rings is 1. The highest BCUT2D eigenvalue weighted by atomic mass is 16.3. The molecule has 0 aliphatic heterocycles. The van der Waals surface area contributed by atoms with Gasteiger partial charge in [-0.3, -0.25) is 4.79 Å². The van der Waals surface area contributed by atoms with Crippen molar-refractivity contribution in [2.24, 2.45) is 0 Å². The van der Waals surface area contributed by atoms with Crippen molar-refractivity contribution < 1.29 is 9.21 Å². The van der Waals surface area contributed by atoms with Gasteiger partial charge in [0.1, 0.15) is 0 Å². The average molecular weight is 437 g/mol. The first kappa shape index (κ1) is 20.7. The zero-order chi connectivity index (χ0) is 22.8. The Balaban J connectivity index is 1.50. The van der Waals surface area contributed by atoms with Gasteiger partial charge in [0.05, 0.1) is 6.26 Å². The molecule has 6 nitrogen and oxygen atoms in total. The van der Waals surface area contributed by atoms with Gasteiger partial charge < -0.3 is 9.73 Å². The Morgan fingerprint density at radius 2 is 1.76 bits per heavy atom. The molecular weight excluding hydrogens is 412 g/mol. The lowest BCUT2D eigenvalue weighted by molar-refractivity contribution is 0.0949. The van der Waals surface area contributed by atoms with Crippen molar-refractivity contribution in [2.45, 2.75) is 26.3 Å². The van der Waals surface area contributed by atoms with E-state index in [0.717, 1.165) is 16.3 Å². The fourth-order valence-corrected chi connectivity index (χ4v) is 3.81. The molecule has 2 aromatic heterocycles. The maximum absolute atomic E-state index is 13.6. The predicted molar refractivity (Wildman–Crippen MR) is 129 cm³/mol. The van der Waals surface area contributed by atoms with Crippen molar-refractivity contribution in [3.8, 4) is 11.6 Å². The summed E-state index contributed by atoms with van der Waals surface area (Å²) in [5, 5.41) is 9.64. The van der Waals surface area contributed by atoms with Crippen molar-refractivity contribution in [3.05, 3.63) is 102 Å². The molecule has 164 valence electrons. The summed E-state index contributed by atoms with van der Waals surface area (Å²) in [6.45, 7) is 4.85. The van der Waals surface area contributed by atoms with E-state index in [2.05, 4.69) is 53.5 Å². The molecule has 0 radical (unpaired) electrons. The molecule has 0 spiro atoms. The van der Waals surface area contributed by atoms with Gasteiger partial charge in [-0.1, -0.05) is 74.5 Å². The second kappa shape index (κ2) is 8.74. The van der Waals surface area contributed by atoms with E-state index in [4.69, 9.17) is 4.42 Å². The number of fused-ring (bicyclic) bond motifs is 1. The lowest BCUT2D eigenvalue weighted by Crippen LogP contribution is -2.18. The van der Waals surface area contributed by atoms with E-state index in [-0.39, 0.29) is 5.91 Å². The van der Waals surface area contributed by atoms with E-state index >= 15 is 0 Å². The molecule has 0 saturated carbocycles. The van der Waals surface area contributed by atoms with Crippen LogP contribution >= 0.6 is 0 Å². The molecule has 0 unspecified atom stereocenters. The third kappa shape index (κ3) is 4.15. The Kier molecular flexibility index (Phi) is 5.48. The molecule has 3 aromatic carbocycles. The molecule has 1 N–H and O–H groups in total. The number of benzene rings is 3. The summed E-state index contributed by atoms with van der Waals surface area (Å²) in [5.74, 6) is 1.45. The smallest absolute Gasteiger partial charge is 0.282 e. The highest BCUT2D eigenvalue weighted by Gasteiger charge is 2.21. The predicted octanol–water partition coefficient (Wildman–Crippen LogP) is 6.12. The third-order valence-electron chi connectivity index (χ3n) is 5.66. The maximum atomic E-state index is 13.6. The van der Waals surface area contributed by atoms with Gasteiger partial charge >= 0.3 is 0 Å². The van der Waals surface area contributed by atoms with Gasteiger partial charge in [-0.05, 0) is 46.0 Å². The first-order valence-corrected chi connectivity index (χ1v) is 11.0. The summed E-state index contributed by atoms with van der Waals surface area (Å²) >= 11 is 0. The zero-order valence-corrected chi connectivity index (χ0v) is 18.5. The quantitative estimate of drug-likeness (QED) is 0.347. The normalized spacial score (nSPS) is 11.2. The minimum absolute atomic E-state index is 0.255. The van der Waals surface area contributed by atoms with Gasteiger partial charge in [0, 0.05) is 12.1 Å². The topological polar surface area (TPSA) is 73.0 Å². The molecule has 5 rings (SSSR count). The van der Waals surface area contributed by atoms with Crippen LogP contribution in [0.15, 0.2) is 89.5 Å².